The molecule has 42 heavy (non-hydrogen) atoms. The lowest BCUT2D eigenvalue weighted by atomic mass is 9.95. The van der Waals surface area contributed by atoms with Gasteiger partial charge in [0, 0.05) is 17.1 Å². The second-order valence-corrected chi connectivity index (χ2v) is 12.0. The zero-order valence-electron chi connectivity index (χ0n) is 23.5. The molecule has 2 amide bonds. The van der Waals surface area contributed by atoms with Crippen LogP contribution in [0.15, 0.2) is 54.6 Å². The molecule has 3 aliphatic rings. The van der Waals surface area contributed by atoms with Crippen LogP contribution in [0.4, 0.5) is 20.6 Å². The number of benzene rings is 3. The number of hydrogen-bond acceptors (Lipinski definition) is 6. The number of anilines is 1. The van der Waals surface area contributed by atoms with Gasteiger partial charge in [0.05, 0.1) is 43.9 Å². The van der Waals surface area contributed by atoms with E-state index in [1.54, 1.807) is 36.4 Å². The molecule has 2 heterocycles. The summed E-state index contributed by atoms with van der Waals surface area (Å²) in [6.07, 6.45) is 2.17. The van der Waals surface area contributed by atoms with Crippen molar-refractivity contribution in [3.05, 3.63) is 87.2 Å². The highest BCUT2D eigenvalue weighted by atomic mass is 35.5. The Balaban J connectivity index is 1.46. The van der Waals surface area contributed by atoms with Crippen molar-refractivity contribution in [2.24, 2.45) is 5.92 Å². The van der Waals surface area contributed by atoms with E-state index in [0.717, 1.165) is 24.1 Å². The number of carbonyl (C=O) groups is 2. The van der Waals surface area contributed by atoms with Gasteiger partial charge in [-0.1, -0.05) is 35.3 Å². The van der Waals surface area contributed by atoms with E-state index in [1.165, 1.54) is 20.3 Å². The molecule has 8 nitrogen and oxygen atoms in total. The second kappa shape index (κ2) is 11.1. The van der Waals surface area contributed by atoms with Crippen molar-refractivity contribution in [2.45, 2.75) is 37.9 Å². The number of rotatable bonds is 8. The van der Waals surface area contributed by atoms with E-state index in [0.29, 0.717) is 46.6 Å². The summed E-state index contributed by atoms with van der Waals surface area (Å²) in [5.41, 5.74) is 2.85. The van der Waals surface area contributed by atoms with Gasteiger partial charge >= 0.3 is 12.0 Å². The first-order valence-corrected chi connectivity index (χ1v) is 14.7. The average Bonchev–Trinajstić information content (AvgIpc) is 3.68. The first kappa shape index (κ1) is 28.9. The van der Waals surface area contributed by atoms with Gasteiger partial charge < -0.3 is 14.8 Å². The summed E-state index contributed by atoms with van der Waals surface area (Å²) in [7, 11) is 2.82. The summed E-state index contributed by atoms with van der Waals surface area (Å²) < 4.78 is 26.1. The van der Waals surface area contributed by atoms with Crippen molar-refractivity contribution in [1.82, 2.24) is 14.9 Å². The van der Waals surface area contributed by atoms with Gasteiger partial charge in [-0.25, -0.2) is 14.0 Å². The van der Waals surface area contributed by atoms with E-state index in [4.69, 9.17) is 32.7 Å². The molecule has 1 saturated heterocycles. The number of nitrogens with zero attached hydrogens (tertiary/aromatic N) is 2. The van der Waals surface area contributed by atoms with Crippen LogP contribution in [-0.4, -0.2) is 50.4 Å². The molecule has 4 unspecified atom stereocenters. The van der Waals surface area contributed by atoms with Gasteiger partial charge in [0.25, 0.3) is 0 Å². The van der Waals surface area contributed by atoms with Crippen LogP contribution in [0.2, 0.25) is 10.0 Å². The van der Waals surface area contributed by atoms with E-state index < -0.39 is 17.8 Å². The number of esters is 1. The first-order chi connectivity index (χ1) is 20.2. The first-order valence-electron chi connectivity index (χ1n) is 13.9. The van der Waals surface area contributed by atoms with Crippen molar-refractivity contribution in [1.29, 1.82) is 0 Å². The summed E-state index contributed by atoms with van der Waals surface area (Å²) in [4.78, 5) is 26.4. The minimum Gasteiger partial charge on any atom is -0.496 e. The third-order valence-corrected chi connectivity index (χ3v) is 9.10. The van der Waals surface area contributed by atoms with Crippen LogP contribution < -0.4 is 20.0 Å². The quantitative estimate of drug-likeness (QED) is 0.213. The summed E-state index contributed by atoms with van der Waals surface area (Å²) in [6.45, 7) is 3.15. The number of carbonyl (C=O) groups excluding carboxylic acids is 2. The Morgan fingerprint density at radius 2 is 1.95 bits per heavy atom. The minimum atomic E-state index is -0.677. The lowest BCUT2D eigenvalue weighted by Gasteiger charge is -2.38. The van der Waals surface area contributed by atoms with E-state index in [2.05, 4.69) is 15.6 Å². The maximum absolute atomic E-state index is 15.9. The number of ether oxygens (including phenoxy) is 2. The minimum absolute atomic E-state index is 0.00263. The van der Waals surface area contributed by atoms with Gasteiger partial charge in [-0.3, -0.25) is 5.32 Å². The van der Waals surface area contributed by atoms with Crippen LogP contribution in [-0.2, 0) is 4.74 Å². The monoisotopic (exact) mass is 613 g/mol. The van der Waals surface area contributed by atoms with Gasteiger partial charge in [0.2, 0.25) is 0 Å². The maximum Gasteiger partial charge on any atom is 0.446 e. The molecule has 1 aliphatic carbocycles. The zero-order valence-corrected chi connectivity index (χ0v) is 25.0. The summed E-state index contributed by atoms with van der Waals surface area (Å²) in [5, 5.41) is 9.39. The molecule has 2 aliphatic heterocycles. The number of halogens is 3. The molecule has 1 spiro atoms. The Morgan fingerprint density at radius 1 is 1.17 bits per heavy atom. The summed E-state index contributed by atoms with van der Waals surface area (Å²) >= 11 is 12.7. The normalized spacial score (nSPS) is 24.0. The van der Waals surface area contributed by atoms with E-state index >= 15 is 4.39 Å². The fourth-order valence-electron chi connectivity index (χ4n) is 6.45. The lowest BCUT2D eigenvalue weighted by Crippen LogP contribution is -2.62. The van der Waals surface area contributed by atoms with Crippen molar-refractivity contribution in [3.8, 4) is 5.75 Å². The van der Waals surface area contributed by atoms with Crippen LogP contribution in [0.1, 0.15) is 53.3 Å². The number of nitrogens with one attached hydrogen (secondary N) is 2. The highest BCUT2D eigenvalue weighted by molar-refractivity contribution is 6.31. The summed E-state index contributed by atoms with van der Waals surface area (Å²) in [5.74, 6) is -0.193. The molecular formula is C31H32Cl2FN4O4+. The Hall–Kier alpha value is -3.21. The zero-order chi connectivity index (χ0) is 29.8. The Bertz CT molecular complexity index is 1570. The van der Waals surface area contributed by atoms with Gasteiger partial charge in [0.1, 0.15) is 17.0 Å². The smallest absolute Gasteiger partial charge is 0.446 e. The Kier molecular flexibility index (Phi) is 7.66. The van der Waals surface area contributed by atoms with E-state index in [-0.39, 0.29) is 27.7 Å². The maximum atomic E-state index is 15.9. The topological polar surface area (TPSA) is 79.9 Å². The van der Waals surface area contributed by atoms with Crippen LogP contribution in [0.25, 0.3) is 0 Å². The van der Waals surface area contributed by atoms with Gasteiger partial charge in [-0.05, 0) is 67.6 Å². The third kappa shape index (κ3) is 4.73. The number of hydrogen-bond donors (Lipinski definition) is 2. The average molecular weight is 615 g/mol. The number of quaternary nitrogens is 1. The largest absolute Gasteiger partial charge is 0.496 e. The second-order valence-electron chi connectivity index (χ2n) is 11.1. The van der Waals surface area contributed by atoms with Gasteiger partial charge in [-0.2, -0.15) is 0 Å². The number of fused-ring (bicyclic) bond motifs is 2. The molecule has 3 aromatic rings. The number of urea groups is 1. The molecule has 220 valence electrons. The van der Waals surface area contributed by atoms with Crippen molar-refractivity contribution in [3.63, 3.8) is 0 Å². The standard InChI is InChI=1S/C31H31Cl2FN4O4/c1-17(19-9-11-21(30(39)42-3)27(13-19)41-2)35-25-16-37(15-18-7-8-18)38(29(25)22-5-4-6-23(33)28(22)34)26-12-10-20(32)14-24(26)36-31(38)40/h4-6,9-14,17-18,25,29,35H,7-8,15-16H2,1-3H3/p+1. The molecule has 3 aromatic carbocycles. The summed E-state index contributed by atoms with van der Waals surface area (Å²) in [6, 6.07) is 14.0. The van der Waals surface area contributed by atoms with Crippen molar-refractivity contribution < 1.29 is 23.5 Å². The van der Waals surface area contributed by atoms with Crippen LogP contribution >= 0.6 is 23.2 Å². The van der Waals surface area contributed by atoms with Crippen LogP contribution in [0.5, 0.6) is 5.75 Å². The predicted octanol–water partition coefficient (Wildman–Crippen LogP) is 6.88. The van der Waals surface area contributed by atoms with E-state index in [1.807, 2.05) is 19.1 Å². The number of amides is 2. The molecule has 0 aromatic heterocycles. The van der Waals surface area contributed by atoms with E-state index in [9.17, 15) is 9.59 Å². The SMILES string of the molecule is COC(=O)c1ccc(C(C)NC2CN(CC3CC3)[N+]3(C(=O)Nc4cc(Cl)ccc43)C2c2cccc(Cl)c2F)cc1OC. The molecular weight excluding hydrogens is 582 g/mol. The highest BCUT2D eigenvalue weighted by Gasteiger charge is 2.66. The molecule has 6 rings (SSSR count). The Morgan fingerprint density at radius 3 is 2.67 bits per heavy atom. The fourth-order valence-corrected chi connectivity index (χ4v) is 6.80. The highest BCUT2D eigenvalue weighted by Crippen LogP contribution is 2.54. The lowest BCUT2D eigenvalue weighted by molar-refractivity contribution is 0.0480. The van der Waals surface area contributed by atoms with Crippen molar-refractivity contribution >= 4 is 46.6 Å². The molecule has 11 heteroatoms. The van der Waals surface area contributed by atoms with Crippen LogP contribution in [0, 0.1) is 11.7 Å². The molecule has 4 atom stereocenters. The molecule has 0 bridgehead atoms. The van der Waals surface area contributed by atoms with Gasteiger partial charge in [-0.15, -0.1) is 9.60 Å². The third-order valence-electron chi connectivity index (χ3n) is 8.58. The van der Waals surface area contributed by atoms with Gasteiger partial charge in [0.15, 0.2) is 17.5 Å². The van der Waals surface area contributed by atoms with Crippen LogP contribution in [0.3, 0.4) is 0 Å². The molecule has 0 radical (unpaired) electrons. The predicted molar refractivity (Wildman–Crippen MR) is 160 cm³/mol. The Labute approximate surface area is 253 Å². The fraction of sp³-hybridized carbons (Fsp3) is 0.355. The molecule has 2 N–H and O–H groups in total. The van der Waals surface area contributed by atoms with Crippen molar-refractivity contribution in [2.75, 3.05) is 32.6 Å². The molecule has 2 fully saturated rings. The number of methoxy groups -OCH3 is 2. The molecule has 1 saturated carbocycles.